The van der Waals surface area contributed by atoms with E-state index in [1.807, 2.05) is 13.8 Å². The van der Waals surface area contributed by atoms with E-state index in [4.69, 9.17) is 0 Å². The van der Waals surface area contributed by atoms with E-state index in [2.05, 4.69) is 31.2 Å². The summed E-state index contributed by atoms with van der Waals surface area (Å²) in [7, 11) is 0. The van der Waals surface area contributed by atoms with Gasteiger partial charge in [-0.25, -0.2) is 0 Å². The second-order valence-electron chi connectivity index (χ2n) is 5.01. The third-order valence-corrected chi connectivity index (χ3v) is 2.62. The Hall–Kier alpha value is -0.820. The minimum Gasteiger partial charge on any atom is -0.390 e. The minimum absolute atomic E-state index is 0.507. The van der Waals surface area contributed by atoms with Crippen LogP contribution in [0.5, 0.6) is 0 Å². The van der Waals surface area contributed by atoms with E-state index in [9.17, 15) is 5.11 Å². The van der Waals surface area contributed by atoms with Gasteiger partial charge in [-0.05, 0) is 45.6 Å². The molecule has 0 saturated heterocycles. The number of aryl methyl sites for hydroxylation is 2. The van der Waals surface area contributed by atoms with Crippen molar-refractivity contribution in [2.24, 2.45) is 0 Å². The molecule has 0 amide bonds. The Kier molecular flexibility index (Phi) is 4.34. The third-order valence-electron chi connectivity index (χ3n) is 2.62. The zero-order chi connectivity index (χ0) is 11.3. The van der Waals surface area contributed by atoms with Gasteiger partial charge in [-0.15, -0.1) is 0 Å². The van der Waals surface area contributed by atoms with Crippen LogP contribution in [0, 0.1) is 6.92 Å². The van der Waals surface area contributed by atoms with E-state index in [0.29, 0.717) is 0 Å². The SMILES string of the molecule is Cc1ccc(CCCCC(C)(C)O)cc1. The van der Waals surface area contributed by atoms with Gasteiger partial charge >= 0.3 is 0 Å². The van der Waals surface area contributed by atoms with Gasteiger partial charge < -0.3 is 5.11 Å². The first-order valence-electron chi connectivity index (χ1n) is 5.75. The highest BCUT2D eigenvalue weighted by Crippen LogP contribution is 2.14. The van der Waals surface area contributed by atoms with Crippen molar-refractivity contribution in [3.63, 3.8) is 0 Å². The van der Waals surface area contributed by atoms with Gasteiger partial charge in [0.05, 0.1) is 5.60 Å². The van der Waals surface area contributed by atoms with Crippen molar-refractivity contribution >= 4 is 0 Å². The Labute approximate surface area is 93.1 Å². The molecule has 0 aliphatic rings. The molecule has 0 bridgehead atoms. The van der Waals surface area contributed by atoms with Crippen LogP contribution in [-0.2, 0) is 6.42 Å². The molecule has 0 saturated carbocycles. The fourth-order valence-corrected chi connectivity index (χ4v) is 1.64. The van der Waals surface area contributed by atoms with E-state index in [1.165, 1.54) is 11.1 Å². The molecule has 1 rings (SSSR count). The number of aliphatic hydroxyl groups is 1. The molecule has 0 heterocycles. The Bertz CT molecular complexity index is 279. The van der Waals surface area contributed by atoms with Gasteiger partial charge in [0, 0.05) is 0 Å². The van der Waals surface area contributed by atoms with E-state index in [-0.39, 0.29) is 0 Å². The minimum atomic E-state index is -0.507. The van der Waals surface area contributed by atoms with Crippen LogP contribution in [0.2, 0.25) is 0 Å². The third kappa shape index (κ3) is 5.58. The van der Waals surface area contributed by atoms with E-state index in [0.717, 1.165) is 25.7 Å². The molecule has 0 aliphatic heterocycles. The number of benzene rings is 1. The Morgan fingerprint density at radius 1 is 1.07 bits per heavy atom. The van der Waals surface area contributed by atoms with Crippen LogP contribution < -0.4 is 0 Å². The molecule has 15 heavy (non-hydrogen) atoms. The van der Waals surface area contributed by atoms with E-state index >= 15 is 0 Å². The average Bonchev–Trinajstić information content (AvgIpc) is 2.14. The molecule has 1 nitrogen and oxygen atoms in total. The predicted molar refractivity (Wildman–Crippen MR) is 65.0 cm³/mol. The first kappa shape index (κ1) is 12.3. The summed E-state index contributed by atoms with van der Waals surface area (Å²) in [4.78, 5) is 0. The molecule has 84 valence electrons. The van der Waals surface area contributed by atoms with Crippen LogP contribution in [0.25, 0.3) is 0 Å². The van der Waals surface area contributed by atoms with Crippen LogP contribution in [-0.4, -0.2) is 10.7 Å². The molecule has 0 spiro atoms. The molecule has 1 heteroatoms. The van der Waals surface area contributed by atoms with Crippen molar-refractivity contribution in [2.45, 2.75) is 52.1 Å². The molecule has 0 fully saturated rings. The number of hydrogen-bond acceptors (Lipinski definition) is 1. The number of hydrogen-bond donors (Lipinski definition) is 1. The van der Waals surface area contributed by atoms with Gasteiger partial charge in [0.2, 0.25) is 0 Å². The maximum Gasteiger partial charge on any atom is 0.0591 e. The van der Waals surface area contributed by atoms with E-state index < -0.39 is 5.60 Å². The second kappa shape index (κ2) is 5.32. The normalized spacial score (nSPS) is 11.7. The lowest BCUT2D eigenvalue weighted by atomic mass is 9.99. The maximum absolute atomic E-state index is 9.55. The molecule has 1 aromatic carbocycles. The highest BCUT2D eigenvalue weighted by molar-refractivity contribution is 5.21. The van der Waals surface area contributed by atoms with Crippen molar-refractivity contribution in [1.29, 1.82) is 0 Å². The molecule has 1 aromatic rings. The van der Waals surface area contributed by atoms with Crippen LogP contribution >= 0.6 is 0 Å². The summed E-state index contributed by atoms with van der Waals surface area (Å²) >= 11 is 0. The van der Waals surface area contributed by atoms with Gasteiger partial charge in [0.15, 0.2) is 0 Å². The van der Waals surface area contributed by atoms with Crippen LogP contribution in [0.3, 0.4) is 0 Å². The quantitative estimate of drug-likeness (QED) is 0.731. The van der Waals surface area contributed by atoms with Crippen LogP contribution in [0.1, 0.15) is 44.2 Å². The fourth-order valence-electron chi connectivity index (χ4n) is 1.64. The smallest absolute Gasteiger partial charge is 0.0591 e. The first-order chi connectivity index (χ1) is 6.97. The molecule has 0 radical (unpaired) electrons. The molecule has 0 aliphatic carbocycles. The molecular formula is C14H22O. The number of unbranched alkanes of at least 4 members (excludes halogenated alkanes) is 1. The largest absolute Gasteiger partial charge is 0.390 e. The van der Waals surface area contributed by atoms with Crippen LogP contribution in [0.4, 0.5) is 0 Å². The molecule has 0 unspecified atom stereocenters. The van der Waals surface area contributed by atoms with Crippen molar-refractivity contribution in [1.82, 2.24) is 0 Å². The summed E-state index contributed by atoms with van der Waals surface area (Å²) < 4.78 is 0. The van der Waals surface area contributed by atoms with Crippen molar-refractivity contribution in [3.05, 3.63) is 35.4 Å². The lowest BCUT2D eigenvalue weighted by Gasteiger charge is -2.16. The van der Waals surface area contributed by atoms with Crippen molar-refractivity contribution < 1.29 is 5.11 Å². The Morgan fingerprint density at radius 3 is 2.20 bits per heavy atom. The molecule has 0 atom stereocenters. The Morgan fingerprint density at radius 2 is 1.67 bits per heavy atom. The highest BCUT2D eigenvalue weighted by Gasteiger charge is 2.10. The predicted octanol–water partition coefficient (Wildman–Crippen LogP) is 3.48. The Balaban J connectivity index is 2.23. The van der Waals surface area contributed by atoms with Gasteiger partial charge in [-0.3, -0.25) is 0 Å². The van der Waals surface area contributed by atoms with Crippen molar-refractivity contribution in [2.75, 3.05) is 0 Å². The van der Waals surface area contributed by atoms with Crippen LogP contribution in [0.15, 0.2) is 24.3 Å². The molecule has 0 aromatic heterocycles. The maximum atomic E-state index is 9.55. The lowest BCUT2D eigenvalue weighted by Crippen LogP contribution is -2.17. The van der Waals surface area contributed by atoms with Crippen molar-refractivity contribution in [3.8, 4) is 0 Å². The summed E-state index contributed by atoms with van der Waals surface area (Å²) in [6.45, 7) is 5.86. The zero-order valence-electron chi connectivity index (χ0n) is 10.1. The van der Waals surface area contributed by atoms with Gasteiger partial charge in [0.25, 0.3) is 0 Å². The van der Waals surface area contributed by atoms with E-state index in [1.54, 1.807) is 0 Å². The summed E-state index contributed by atoms with van der Waals surface area (Å²) in [6.07, 6.45) is 4.26. The zero-order valence-corrected chi connectivity index (χ0v) is 10.1. The number of rotatable bonds is 5. The van der Waals surface area contributed by atoms with Gasteiger partial charge in [-0.2, -0.15) is 0 Å². The lowest BCUT2D eigenvalue weighted by molar-refractivity contribution is 0.0682. The topological polar surface area (TPSA) is 20.2 Å². The average molecular weight is 206 g/mol. The summed E-state index contributed by atoms with van der Waals surface area (Å²) in [6, 6.07) is 8.70. The monoisotopic (exact) mass is 206 g/mol. The summed E-state index contributed by atoms with van der Waals surface area (Å²) in [5, 5.41) is 9.55. The highest BCUT2D eigenvalue weighted by atomic mass is 16.3. The van der Waals surface area contributed by atoms with Gasteiger partial charge in [0.1, 0.15) is 0 Å². The standard InChI is InChI=1S/C14H22O/c1-12-7-9-13(10-8-12)6-4-5-11-14(2,3)15/h7-10,15H,4-6,11H2,1-3H3. The molecular weight excluding hydrogens is 184 g/mol. The van der Waals surface area contributed by atoms with Gasteiger partial charge in [-0.1, -0.05) is 36.2 Å². The first-order valence-corrected chi connectivity index (χ1v) is 5.75. The summed E-state index contributed by atoms with van der Waals surface area (Å²) in [5.74, 6) is 0. The summed E-state index contributed by atoms with van der Waals surface area (Å²) in [5.41, 5.74) is 2.21. The molecule has 1 N–H and O–H groups in total. The fraction of sp³-hybridized carbons (Fsp3) is 0.571. The second-order valence-corrected chi connectivity index (χ2v) is 5.01.